The van der Waals surface area contributed by atoms with Crippen LogP contribution in [0.3, 0.4) is 0 Å². The third-order valence-corrected chi connectivity index (χ3v) is 6.66. The summed E-state index contributed by atoms with van der Waals surface area (Å²) in [6.45, 7) is 6.23. The van der Waals surface area contributed by atoms with Crippen LogP contribution in [0.15, 0.2) is 29.6 Å². The average Bonchev–Trinajstić information content (AvgIpc) is 3.22. The highest BCUT2D eigenvalue weighted by atomic mass is 32.2. The molecule has 3 rings (SSSR count). The molecule has 31 heavy (non-hydrogen) atoms. The molecule has 10 heteroatoms. The topological polar surface area (TPSA) is 89.5 Å². The highest BCUT2D eigenvalue weighted by molar-refractivity contribution is 8.00. The number of methoxy groups -OCH3 is 2. The van der Waals surface area contributed by atoms with Crippen LogP contribution in [0.2, 0.25) is 0 Å². The highest BCUT2D eigenvalue weighted by Gasteiger charge is 2.16. The van der Waals surface area contributed by atoms with Gasteiger partial charge in [-0.05, 0) is 25.0 Å². The molecule has 0 saturated carbocycles. The van der Waals surface area contributed by atoms with Crippen molar-refractivity contribution in [1.82, 2.24) is 15.0 Å². The third-order valence-electron chi connectivity index (χ3n) is 4.43. The van der Waals surface area contributed by atoms with Gasteiger partial charge in [-0.1, -0.05) is 36.9 Å². The first-order valence-corrected chi connectivity index (χ1v) is 11.9. The molecule has 0 spiro atoms. The number of hydrogen-bond acceptors (Lipinski definition) is 9. The number of nitrogens with zero attached hydrogens (tertiary/aromatic N) is 4. The van der Waals surface area contributed by atoms with E-state index in [2.05, 4.69) is 34.0 Å². The van der Waals surface area contributed by atoms with Gasteiger partial charge in [-0.15, -0.1) is 0 Å². The maximum absolute atomic E-state index is 12.5. The second-order valence-electron chi connectivity index (χ2n) is 6.72. The monoisotopic (exact) mass is 461 g/mol. The molecule has 1 N–H and O–H groups in total. The van der Waals surface area contributed by atoms with Gasteiger partial charge in [0.15, 0.2) is 10.8 Å². The smallest absolute Gasteiger partial charge is 0.234 e. The molecule has 0 bridgehead atoms. The Kier molecular flexibility index (Phi) is 8.30. The minimum Gasteiger partial charge on any atom is -0.497 e. The number of fused-ring (bicyclic) bond motifs is 1. The second-order valence-corrected chi connectivity index (χ2v) is 8.66. The first kappa shape index (κ1) is 23.1. The maximum Gasteiger partial charge on any atom is 0.234 e. The SMILES string of the molecule is CCCN(CCC)c1nc2ncnc(SCC(=O)Nc3ccc(OC)cc3OC)c2s1. The molecule has 0 aliphatic carbocycles. The molecule has 2 aromatic heterocycles. The maximum atomic E-state index is 12.5. The Balaban J connectivity index is 1.71. The van der Waals surface area contributed by atoms with Crippen LogP contribution in [-0.4, -0.2) is 53.9 Å². The van der Waals surface area contributed by atoms with E-state index < -0.39 is 0 Å². The molecule has 166 valence electrons. The van der Waals surface area contributed by atoms with Crippen molar-refractivity contribution in [3.05, 3.63) is 24.5 Å². The van der Waals surface area contributed by atoms with Crippen LogP contribution < -0.4 is 19.7 Å². The molecule has 0 fully saturated rings. The van der Waals surface area contributed by atoms with Crippen molar-refractivity contribution >= 4 is 50.2 Å². The van der Waals surface area contributed by atoms with Crippen molar-refractivity contribution in [3.63, 3.8) is 0 Å². The fourth-order valence-electron chi connectivity index (χ4n) is 3.03. The summed E-state index contributed by atoms with van der Waals surface area (Å²) in [6, 6.07) is 5.26. The molecule has 0 aliphatic heterocycles. The van der Waals surface area contributed by atoms with Gasteiger partial charge in [0.2, 0.25) is 5.91 Å². The molecule has 8 nitrogen and oxygen atoms in total. The molecule has 0 atom stereocenters. The summed E-state index contributed by atoms with van der Waals surface area (Å²) in [7, 11) is 3.14. The summed E-state index contributed by atoms with van der Waals surface area (Å²) in [5.41, 5.74) is 1.27. The Morgan fingerprint density at radius 1 is 1.16 bits per heavy atom. The number of anilines is 2. The zero-order valence-corrected chi connectivity index (χ0v) is 19.8. The number of thiazole rings is 1. The summed E-state index contributed by atoms with van der Waals surface area (Å²) in [5, 5.41) is 4.60. The van der Waals surface area contributed by atoms with Crippen molar-refractivity contribution in [3.8, 4) is 11.5 Å². The largest absolute Gasteiger partial charge is 0.497 e. The fourth-order valence-corrected chi connectivity index (χ4v) is 4.97. The van der Waals surface area contributed by atoms with E-state index in [-0.39, 0.29) is 11.7 Å². The zero-order valence-electron chi connectivity index (χ0n) is 18.2. The van der Waals surface area contributed by atoms with Gasteiger partial charge in [-0.3, -0.25) is 4.79 Å². The average molecular weight is 462 g/mol. The molecular weight excluding hydrogens is 434 g/mol. The standard InChI is InChI=1S/C21H27N5O3S2/c1-5-9-26(10-6-2)21-25-19-18(31-21)20(23-13-22-19)30-12-17(27)24-15-8-7-14(28-3)11-16(15)29-4/h7-8,11,13H,5-6,9-10,12H2,1-4H3,(H,24,27). The lowest BCUT2D eigenvalue weighted by atomic mass is 10.2. The van der Waals surface area contributed by atoms with Gasteiger partial charge in [0.25, 0.3) is 0 Å². The number of thioether (sulfide) groups is 1. The van der Waals surface area contributed by atoms with Crippen LogP contribution in [0.1, 0.15) is 26.7 Å². The van der Waals surface area contributed by atoms with Gasteiger partial charge in [0.05, 0.1) is 25.7 Å². The molecular formula is C21H27N5O3S2. The van der Waals surface area contributed by atoms with Crippen LogP contribution >= 0.6 is 23.1 Å². The minimum absolute atomic E-state index is 0.149. The van der Waals surface area contributed by atoms with Crippen molar-refractivity contribution in [1.29, 1.82) is 0 Å². The molecule has 0 unspecified atom stereocenters. The van der Waals surface area contributed by atoms with Crippen molar-refractivity contribution in [2.75, 3.05) is 43.3 Å². The molecule has 2 heterocycles. The van der Waals surface area contributed by atoms with E-state index in [4.69, 9.17) is 14.5 Å². The number of amides is 1. The van der Waals surface area contributed by atoms with Crippen LogP contribution in [0.4, 0.5) is 10.8 Å². The van der Waals surface area contributed by atoms with Gasteiger partial charge < -0.3 is 19.7 Å². The van der Waals surface area contributed by atoms with E-state index in [0.717, 1.165) is 40.8 Å². The number of hydrogen-bond donors (Lipinski definition) is 1. The highest BCUT2D eigenvalue weighted by Crippen LogP contribution is 2.34. The Hall–Kier alpha value is -2.59. The van der Waals surface area contributed by atoms with Crippen molar-refractivity contribution < 1.29 is 14.3 Å². The molecule has 0 saturated heterocycles. The van der Waals surface area contributed by atoms with E-state index in [9.17, 15) is 4.79 Å². The Morgan fingerprint density at radius 2 is 1.94 bits per heavy atom. The summed E-state index contributed by atoms with van der Waals surface area (Å²) in [6.07, 6.45) is 3.61. The minimum atomic E-state index is -0.149. The molecule has 3 aromatic rings. The number of aromatic nitrogens is 3. The van der Waals surface area contributed by atoms with Gasteiger partial charge in [-0.25, -0.2) is 9.97 Å². The first-order valence-electron chi connectivity index (χ1n) is 10.1. The van der Waals surface area contributed by atoms with E-state index >= 15 is 0 Å². The van der Waals surface area contributed by atoms with E-state index in [0.29, 0.717) is 22.8 Å². The number of ether oxygens (including phenoxy) is 2. The lowest BCUT2D eigenvalue weighted by molar-refractivity contribution is -0.113. The zero-order chi connectivity index (χ0) is 22.2. The third kappa shape index (κ3) is 5.76. The Bertz CT molecular complexity index is 1020. The van der Waals surface area contributed by atoms with Gasteiger partial charge in [-0.2, -0.15) is 4.98 Å². The van der Waals surface area contributed by atoms with Gasteiger partial charge in [0.1, 0.15) is 27.6 Å². The summed E-state index contributed by atoms with van der Waals surface area (Å²) in [4.78, 5) is 28.2. The molecule has 1 aromatic carbocycles. The normalized spacial score (nSPS) is 10.8. The lowest BCUT2D eigenvalue weighted by Gasteiger charge is -2.19. The Morgan fingerprint density at radius 3 is 2.61 bits per heavy atom. The van der Waals surface area contributed by atoms with E-state index in [1.165, 1.54) is 18.1 Å². The lowest BCUT2D eigenvalue weighted by Crippen LogP contribution is -2.24. The van der Waals surface area contributed by atoms with Crippen molar-refractivity contribution in [2.24, 2.45) is 0 Å². The predicted molar refractivity (Wildman–Crippen MR) is 127 cm³/mol. The van der Waals surface area contributed by atoms with E-state index in [1.54, 1.807) is 43.8 Å². The Labute approximate surface area is 190 Å². The number of carbonyl (C=O) groups is 1. The molecule has 1 amide bonds. The van der Waals surface area contributed by atoms with Gasteiger partial charge in [0, 0.05) is 19.2 Å². The van der Waals surface area contributed by atoms with Crippen molar-refractivity contribution in [2.45, 2.75) is 31.7 Å². The number of benzene rings is 1. The molecule has 0 aliphatic rings. The van der Waals surface area contributed by atoms with Crippen LogP contribution in [0, 0.1) is 0 Å². The summed E-state index contributed by atoms with van der Waals surface area (Å²) >= 11 is 2.95. The van der Waals surface area contributed by atoms with E-state index in [1.807, 2.05) is 0 Å². The molecule has 0 radical (unpaired) electrons. The number of rotatable bonds is 11. The fraction of sp³-hybridized carbons (Fsp3) is 0.429. The predicted octanol–water partition coefficient (Wildman–Crippen LogP) is 4.46. The quantitative estimate of drug-likeness (QED) is 0.331. The number of nitrogens with one attached hydrogen (secondary N) is 1. The van der Waals surface area contributed by atoms with Crippen LogP contribution in [-0.2, 0) is 4.79 Å². The number of carbonyl (C=O) groups excluding carboxylic acids is 1. The summed E-state index contributed by atoms with van der Waals surface area (Å²) < 4.78 is 11.4. The van der Waals surface area contributed by atoms with Gasteiger partial charge >= 0.3 is 0 Å². The first-order chi connectivity index (χ1) is 15.1. The second kappa shape index (κ2) is 11.1. The summed E-state index contributed by atoms with van der Waals surface area (Å²) in [5.74, 6) is 1.26. The van der Waals surface area contributed by atoms with Crippen LogP contribution in [0.25, 0.3) is 10.3 Å². The van der Waals surface area contributed by atoms with Crippen LogP contribution in [0.5, 0.6) is 11.5 Å².